The summed E-state index contributed by atoms with van der Waals surface area (Å²) in [6.45, 7) is 6.90. The molecule has 1 fully saturated rings. The molecule has 174 valence electrons. The lowest BCUT2D eigenvalue weighted by Gasteiger charge is -2.66. The van der Waals surface area contributed by atoms with E-state index in [1.807, 2.05) is 19.9 Å². The number of benzene rings is 1. The first-order chi connectivity index (χ1) is 14.9. The van der Waals surface area contributed by atoms with Crippen LogP contribution >= 0.6 is 0 Å². The number of hydrogen-bond donors (Lipinski definition) is 1. The van der Waals surface area contributed by atoms with E-state index in [0.29, 0.717) is 6.42 Å². The molecule has 8 heteroatoms. The van der Waals surface area contributed by atoms with Crippen LogP contribution in [0, 0.1) is 29.1 Å². The van der Waals surface area contributed by atoms with E-state index in [-0.39, 0.29) is 29.0 Å². The molecule has 1 spiro atoms. The van der Waals surface area contributed by atoms with Gasteiger partial charge in [0.25, 0.3) is 0 Å². The third-order valence-electron chi connectivity index (χ3n) is 8.18. The van der Waals surface area contributed by atoms with E-state index < -0.39 is 32.2 Å². The van der Waals surface area contributed by atoms with Crippen molar-refractivity contribution < 1.29 is 32.0 Å². The Bertz CT molecular complexity index is 1130. The highest BCUT2D eigenvalue weighted by Crippen LogP contribution is 2.74. The monoisotopic (exact) mass is 462 g/mol. The highest BCUT2D eigenvalue weighted by atomic mass is 32.2. The van der Waals surface area contributed by atoms with Crippen molar-refractivity contribution >= 4 is 15.9 Å². The molecule has 0 amide bonds. The summed E-state index contributed by atoms with van der Waals surface area (Å²) in [6.07, 6.45) is 4.21. The standard InChI is InChI=1S/C24H30O7S/c1-15-7-10-17(11-8-15)32(27,28)31-19-13-23-16(2)9-12-18(23)21(3,14-25)22(19,4)24(29-5,30-6)20(23)26/h7-8,10-13,16,25H,9,14H2,1-6H3/t16-,21?,22?,23?/m0/s1. The van der Waals surface area contributed by atoms with Gasteiger partial charge in [-0.25, -0.2) is 0 Å². The molecule has 2 bridgehead atoms. The second kappa shape index (κ2) is 7.00. The van der Waals surface area contributed by atoms with Crippen molar-refractivity contribution in [1.82, 2.24) is 0 Å². The van der Waals surface area contributed by atoms with Gasteiger partial charge < -0.3 is 18.8 Å². The van der Waals surface area contributed by atoms with Crippen molar-refractivity contribution in [2.24, 2.45) is 22.2 Å². The Balaban J connectivity index is 2.00. The molecule has 32 heavy (non-hydrogen) atoms. The summed E-state index contributed by atoms with van der Waals surface area (Å²) in [4.78, 5) is 14.0. The van der Waals surface area contributed by atoms with Gasteiger partial charge in [-0.15, -0.1) is 0 Å². The van der Waals surface area contributed by atoms with Crippen LogP contribution in [0.2, 0.25) is 0 Å². The number of fused-ring (bicyclic) bond motifs is 1. The number of rotatable bonds is 6. The van der Waals surface area contributed by atoms with Gasteiger partial charge >= 0.3 is 10.1 Å². The molecule has 0 saturated heterocycles. The third kappa shape index (κ3) is 2.41. The Kier molecular flexibility index (Phi) is 5.07. The normalized spacial score (nSPS) is 35.3. The molecule has 1 saturated carbocycles. The predicted molar refractivity (Wildman–Crippen MR) is 117 cm³/mol. The molecule has 5 rings (SSSR count). The van der Waals surface area contributed by atoms with Crippen molar-refractivity contribution in [3.8, 4) is 0 Å². The number of carbonyl (C=O) groups is 1. The summed E-state index contributed by atoms with van der Waals surface area (Å²) >= 11 is 0. The maximum absolute atomic E-state index is 14.0. The molecule has 4 aliphatic carbocycles. The van der Waals surface area contributed by atoms with Crippen LogP contribution in [0.15, 0.2) is 52.6 Å². The van der Waals surface area contributed by atoms with Gasteiger partial charge in [-0.3, -0.25) is 4.79 Å². The summed E-state index contributed by atoms with van der Waals surface area (Å²) in [5.74, 6) is -2.29. The molecule has 3 unspecified atom stereocenters. The van der Waals surface area contributed by atoms with Gasteiger partial charge in [0.05, 0.1) is 17.4 Å². The number of hydrogen-bond acceptors (Lipinski definition) is 7. The first kappa shape index (κ1) is 23.2. The number of aliphatic hydroxyl groups excluding tert-OH is 1. The average Bonchev–Trinajstić information content (AvgIpc) is 3.10. The minimum Gasteiger partial charge on any atom is -0.395 e. The maximum atomic E-state index is 14.0. The van der Waals surface area contributed by atoms with Crippen LogP contribution in [0.5, 0.6) is 0 Å². The average molecular weight is 463 g/mol. The number of ketones is 1. The number of ether oxygens (including phenoxy) is 2. The molecule has 4 atom stereocenters. The van der Waals surface area contributed by atoms with Gasteiger partial charge in [-0.05, 0) is 50.0 Å². The van der Waals surface area contributed by atoms with E-state index in [2.05, 4.69) is 0 Å². The van der Waals surface area contributed by atoms with Crippen LogP contribution in [0.4, 0.5) is 0 Å². The highest BCUT2D eigenvalue weighted by molar-refractivity contribution is 7.86. The summed E-state index contributed by atoms with van der Waals surface area (Å²) < 4.78 is 43.8. The van der Waals surface area contributed by atoms with Gasteiger partial charge in [-0.2, -0.15) is 8.42 Å². The fraction of sp³-hybridized carbons (Fsp3) is 0.542. The van der Waals surface area contributed by atoms with Crippen molar-refractivity contribution in [2.45, 2.75) is 44.8 Å². The largest absolute Gasteiger partial charge is 0.395 e. The minimum absolute atomic E-state index is 0.000699. The topological polar surface area (TPSA) is 99.1 Å². The fourth-order valence-corrected chi connectivity index (χ4v) is 7.06. The summed E-state index contributed by atoms with van der Waals surface area (Å²) in [7, 11) is -1.51. The number of carbonyl (C=O) groups excluding carboxylic acids is 1. The van der Waals surface area contributed by atoms with E-state index in [1.165, 1.54) is 26.4 Å². The van der Waals surface area contributed by atoms with Crippen LogP contribution in [-0.4, -0.2) is 45.9 Å². The van der Waals surface area contributed by atoms with Gasteiger partial charge in [0, 0.05) is 19.6 Å². The second-order valence-electron chi connectivity index (χ2n) is 9.45. The molecule has 4 aliphatic rings. The molecule has 1 N–H and O–H groups in total. The first-order valence-electron chi connectivity index (χ1n) is 10.6. The fourth-order valence-electron chi connectivity index (χ4n) is 6.04. The quantitative estimate of drug-likeness (QED) is 0.394. The van der Waals surface area contributed by atoms with E-state index in [9.17, 15) is 18.3 Å². The molecule has 1 aromatic rings. The highest BCUT2D eigenvalue weighted by Gasteiger charge is 2.81. The predicted octanol–water partition coefficient (Wildman–Crippen LogP) is 3.13. The van der Waals surface area contributed by atoms with E-state index in [1.54, 1.807) is 32.1 Å². The van der Waals surface area contributed by atoms with E-state index >= 15 is 0 Å². The maximum Gasteiger partial charge on any atom is 0.338 e. The summed E-state index contributed by atoms with van der Waals surface area (Å²) in [5, 5.41) is 10.6. The molecule has 0 radical (unpaired) electrons. The number of allylic oxidation sites excluding steroid dienone is 2. The van der Waals surface area contributed by atoms with Crippen molar-refractivity contribution in [3.05, 3.63) is 53.3 Å². The number of aryl methyl sites for hydroxylation is 1. The summed E-state index contributed by atoms with van der Waals surface area (Å²) in [5.41, 5.74) is -2.04. The van der Waals surface area contributed by atoms with Crippen molar-refractivity contribution in [1.29, 1.82) is 0 Å². The second-order valence-corrected chi connectivity index (χ2v) is 11.0. The molecule has 1 aromatic carbocycles. The molecule has 0 aromatic heterocycles. The van der Waals surface area contributed by atoms with Crippen LogP contribution < -0.4 is 0 Å². The van der Waals surface area contributed by atoms with Crippen LogP contribution in [0.25, 0.3) is 0 Å². The van der Waals surface area contributed by atoms with Crippen molar-refractivity contribution in [2.75, 3.05) is 20.8 Å². The molecule has 0 aliphatic heterocycles. The molecule has 0 heterocycles. The Hall–Kier alpha value is -2.00. The smallest absolute Gasteiger partial charge is 0.338 e. The molecular formula is C24H30O7S. The zero-order chi connectivity index (χ0) is 23.7. The third-order valence-corrected chi connectivity index (χ3v) is 9.43. The number of Topliss-reactive ketones (excluding diaryl/α,β-unsaturated/α-hetero) is 1. The number of aliphatic hydroxyl groups is 1. The SMILES string of the molecule is COC1(OC)C(=O)C23C=C(OS(=O)(=O)c4ccc(C)cc4)C1(C)C(C)(CO)C2=CC[C@@H]3C. The van der Waals surface area contributed by atoms with Crippen molar-refractivity contribution in [3.63, 3.8) is 0 Å². The van der Waals surface area contributed by atoms with Crippen LogP contribution in [0.3, 0.4) is 0 Å². The first-order valence-corrected chi connectivity index (χ1v) is 12.0. The minimum atomic E-state index is -4.22. The van der Waals surface area contributed by atoms with Gasteiger partial charge in [0.2, 0.25) is 11.6 Å². The number of methoxy groups -OCH3 is 2. The molecule has 7 nitrogen and oxygen atoms in total. The Morgan fingerprint density at radius 3 is 2.25 bits per heavy atom. The van der Waals surface area contributed by atoms with Crippen LogP contribution in [-0.2, 0) is 28.6 Å². The van der Waals surface area contributed by atoms with E-state index in [4.69, 9.17) is 13.7 Å². The Labute approximate surface area is 189 Å². The zero-order valence-electron chi connectivity index (χ0n) is 19.3. The summed E-state index contributed by atoms with van der Waals surface area (Å²) in [6, 6.07) is 6.33. The van der Waals surface area contributed by atoms with Crippen LogP contribution in [0.1, 0.15) is 32.8 Å². The zero-order valence-corrected chi connectivity index (χ0v) is 20.1. The van der Waals surface area contributed by atoms with Gasteiger partial charge in [0.1, 0.15) is 10.7 Å². The lowest BCUT2D eigenvalue weighted by molar-refractivity contribution is -0.295. The Morgan fingerprint density at radius 2 is 1.72 bits per heavy atom. The van der Waals surface area contributed by atoms with Gasteiger partial charge in [-0.1, -0.05) is 37.6 Å². The Morgan fingerprint density at radius 1 is 1.12 bits per heavy atom. The van der Waals surface area contributed by atoms with E-state index in [0.717, 1.165) is 11.1 Å². The lowest BCUT2D eigenvalue weighted by atomic mass is 9.40. The molecular weight excluding hydrogens is 432 g/mol. The lowest BCUT2D eigenvalue weighted by Crippen LogP contribution is -2.75. The van der Waals surface area contributed by atoms with Gasteiger partial charge in [0.15, 0.2) is 0 Å².